The molecule has 0 heterocycles. The van der Waals surface area contributed by atoms with Gasteiger partial charge < -0.3 is 5.32 Å². The lowest BCUT2D eigenvalue weighted by molar-refractivity contribution is -0.384. The highest BCUT2D eigenvalue weighted by atomic mass is 32.2. The molecule has 10 nitrogen and oxygen atoms in total. The number of hydrazone groups is 1. The fourth-order valence-electron chi connectivity index (χ4n) is 1.97. The van der Waals surface area contributed by atoms with Gasteiger partial charge in [0.1, 0.15) is 5.69 Å². The third-order valence-electron chi connectivity index (χ3n) is 3.12. The molecule has 136 valence electrons. The molecular formula is C15H15N5O5S. The molecule has 0 aliphatic rings. The Balaban J connectivity index is 2.17. The molecule has 2 aromatic rings. The monoisotopic (exact) mass is 377 g/mol. The van der Waals surface area contributed by atoms with Gasteiger partial charge in [0.25, 0.3) is 5.69 Å². The smallest absolute Gasteiger partial charge is 0.295 e. The molecule has 2 aromatic carbocycles. The van der Waals surface area contributed by atoms with Gasteiger partial charge in [-0.15, -0.1) is 0 Å². The SMILES string of the molecule is CC(=O)Nc1ccc(C=NNc2ccc(S(N)(=O)=O)cc2[N+](=O)[O-])cc1. The molecule has 2 rings (SSSR count). The molecule has 0 fully saturated rings. The minimum absolute atomic E-state index is 0.00789. The Morgan fingerprint density at radius 2 is 1.88 bits per heavy atom. The molecule has 0 spiro atoms. The molecule has 0 saturated carbocycles. The number of carbonyl (C=O) groups excluding carboxylic acids is 1. The Morgan fingerprint density at radius 3 is 2.42 bits per heavy atom. The lowest BCUT2D eigenvalue weighted by Gasteiger charge is -2.04. The number of nitrogens with one attached hydrogen (secondary N) is 2. The second kappa shape index (κ2) is 7.72. The number of primary sulfonamides is 1. The number of nitrogens with two attached hydrogens (primary N) is 1. The van der Waals surface area contributed by atoms with Crippen LogP contribution >= 0.6 is 0 Å². The number of hydrogen-bond donors (Lipinski definition) is 3. The topological polar surface area (TPSA) is 157 Å². The Labute approximate surface area is 148 Å². The van der Waals surface area contributed by atoms with Gasteiger partial charge >= 0.3 is 0 Å². The van der Waals surface area contributed by atoms with Crippen LogP contribution < -0.4 is 15.9 Å². The van der Waals surface area contributed by atoms with E-state index in [0.29, 0.717) is 11.3 Å². The number of nitro groups is 1. The van der Waals surface area contributed by atoms with Crippen molar-refractivity contribution in [1.82, 2.24) is 0 Å². The van der Waals surface area contributed by atoms with Gasteiger partial charge in [-0.1, -0.05) is 12.1 Å². The molecular weight excluding hydrogens is 362 g/mol. The van der Waals surface area contributed by atoms with Crippen molar-refractivity contribution in [3.8, 4) is 0 Å². The van der Waals surface area contributed by atoms with Crippen LogP contribution in [0.1, 0.15) is 12.5 Å². The summed E-state index contributed by atoms with van der Waals surface area (Å²) in [4.78, 5) is 20.9. The number of sulfonamides is 1. The van der Waals surface area contributed by atoms with Crippen LogP contribution in [0.2, 0.25) is 0 Å². The minimum Gasteiger partial charge on any atom is -0.326 e. The van der Waals surface area contributed by atoms with Gasteiger partial charge in [-0.05, 0) is 29.8 Å². The van der Waals surface area contributed by atoms with E-state index in [2.05, 4.69) is 15.8 Å². The Bertz CT molecular complexity index is 970. The number of amides is 1. The van der Waals surface area contributed by atoms with Gasteiger partial charge in [0, 0.05) is 18.7 Å². The summed E-state index contributed by atoms with van der Waals surface area (Å²) < 4.78 is 22.6. The fourth-order valence-corrected chi connectivity index (χ4v) is 2.50. The molecule has 26 heavy (non-hydrogen) atoms. The van der Waals surface area contributed by atoms with E-state index in [0.717, 1.165) is 12.1 Å². The van der Waals surface area contributed by atoms with Crippen LogP contribution in [0.5, 0.6) is 0 Å². The average molecular weight is 377 g/mol. The molecule has 0 bridgehead atoms. The first-order valence-electron chi connectivity index (χ1n) is 7.15. The summed E-state index contributed by atoms with van der Waals surface area (Å²) in [7, 11) is -4.05. The second-order valence-electron chi connectivity index (χ2n) is 5.15. The van der Waals surface area contributed by atoms with Crippen molar-refractivity contribution in [2.45, 2.75) is 11.8 Å². The number of nitro benzene ring substituents is 1. The van der Waals surface area contributed by atoms with Gasteiger partial charge in [-0.2, -0.15) is 5.10 Å². The summed E-state index contributed by atoms with van der Waals surface area (Å²) in [6, 6.07) is 9.93. The van der Waals surface area contributed by atoms with Gasteiger partial charge in [-0.25, -0.2) is 13.6 Å². The highest BCUT2D eigenvalue weighted by Crippen LogP contribution is 2.27. The molecule has 0 saturated heterocycles. The summed E-state index contributed by atoms with van der Waals surface area (Å²) in [5.74, 6) is -0.191. The Hall–Kier alpha value is -3.31. The van der Waals surface area contributed by atoms with Crippen molar-refractivity contribution in [1.29, 1.82) is 0 Å². The highest BCUT2D eigenvalue weighted by Gasteiger charge is 2.18. The minimum atomic E-state index is -4.05. The highest BCUT2D eigenvalue weighted by molar-refractivity contribution is 7.89. The van der Waals surface area contributed by atoms with Crippen molar-refractivity contribution in [3.63, 3.8) is 0 Å². The third-order valence-corrected chi connectivity index (χ3v) is 4.04. The lowest BCUT2D eigenvalue weighted by atomic mass is 10.2. The van der Waals surface area contributed by atoms with Gasteiger partial charge in [0.15, 0.2) is 0 Å². The molecule has 0 atom stereocenters. The number of benzene rings is 2. The molecule has 1 amide bonds. The number of anilines is 2. The van der Waals surface area contributed by atoms with Crippen molar-refractivity contribution in [3.05, 3.63) is 58.1 Å². The number of nitrogens with zero attached hydrogens (tertiary/aromatic N) is 2. The largest absolute Gasteiger partial charge is 0.326 e. The molecule has 0 radical (unpaired) electrons. The Morgan fingerprint density at radius 1 is 1.23 bits per heavy atom. The van der Waals surface area contributed by atoms with Crippen molar-refractivity contribution < 1.29 is 18.1 Å². The maximum atomic E-state index is 11.3. The van der Waals surface area contributed by atoms with E-state index >= 15 is 0 Å². The molecule has 11 heteroatoms. The molecule has 0 aromatic heterocycles. The zero-order valence-electron chi connectivity index (χ0n) is 13.5. The standard InChI is InChI=1S/C15H15N5O5S/c1-10(21)18-12-4-2-11(3-5-12)9-17-19-14-7-6-13(26(16,24)25)8-15(14)20(22)23/h2-9,19H,1H3,(H,18,21)(H2,16,24,25). The van der Waals surface area contributed by atoms with E-state index in [-0.39, 0.29) is 16.5 Å². The van der Waals surface area contributed by atoms with Crippen LogP contribution in [0.3, 0.4) is 0 Å². The normalized spacial score (nSPS) is 11.3. The van der Waals surface area contributed by atoms with Crippen LogP contribution in [0.15, 0.2) is 52.5 Å². The van der Waals surface area contributed by atoms with Crippen molar-refractivity contribution in [2.75, 3.05) is 10.7 Å². The molecule has 0 unspecified atom stereocenters. The van der Waals surface area contributed by atoms with Crippen LogP contribution in [0.4, 0.5) is 17.1 Å². The molecule has 0 aliphatic heterocycles. The van der Waals surface area contributed by atoms with E-state index in [9.17, 15) is 23.3 Å². The van der Waals surface area contributed by atoms with E-state index in [1.165, 1.54) is 19.2 Å². The van der Waals surface area contributed by atoms with Gasteiger partial charge in [0.2, 0.25) is 15.9 Å². The summed E-state index contributed by atoms with van der Waals surface area (Å²) >= 11 is 0. The first-order chi connectivity index (χ1) is 12.2. The molecule has 0 aliphatic carbocycles. The predicted molar refractivity (Wildman–Crippen MR) is 96.4 cm³/mol. The van der Waals surface area contributed by atoms with E-state index in [4.69, 9.17) is 5.14 Å². The second-order valence-corrected chi connectivity index (χ2v) is 6.72. The zero-order valence-corrected chi connectivity index (χ0v) is 14.4. The number of carbonyl (C=O) groups is 1. The van der Waals surface area contributed by atoms with Crippen molar-refractivity contribution in [2.24, 2.45) is 10.2 Å². The van der Waals surface area contributed by atoms with Crippen LogP contribution in [0.25, 0.3) is 0 Å². The van der Waals surface area contributed by atoms with Gasteiger partial charge in [-0.3, -0.25) is 20.3 Å². The van der Waals surface area contributed by atoms with Crippen LogP contribution in [-0.2, 0) is 14.8 Å². The summed E-state index contributed by atoms with van der Waals surface area (Å²) in [6.07, 6.45) is 1.41. The Kier molecular flexibility index (Phi) is 5.64. The van der Waals surface area contributed by atoms with E-state index in [1.807, 2.05) is 0 Å². The lowest BCUT2D eigenvalue weighted by Crippen LogP contribution is -2.12. The summed E-state index contributed by atoms with van der Waals surface area (Å²) in [6.45, 7) is 1.40. The summed E-state index contributed by atoms with van der Waals surface area (Å²) in [5, 5.41) is 22.6. The third kappa shape index (κ3) is 5.09. The van der Waals surface area contributed by atoms with Crippen LogP contribution in [-0.4, -0.2) is 25.5 Å². The van der Waals surface area contributed by atoms with Crippen LogP contribution in [0, 0.1) is 10.1 Å². The first-order valence-corrected chi connectivity index (χ1v) is 8.69. The molecule has 4 N–H and O–H groups in total. The zero-order chi connectivity index (χ0) is 19.3. The fraction of sp³-hybridized carbons (Fsp3) is 0.0667. The average Bonchev–Trinajstić information content (AvgIpc) is 2.55. The predicted octanol–water partition coefficient (Wildman–Crippen LogP) is 1.65. The number of hydrogen-bond acceptors (Lipinski definition) is 7. The van der Waals surface area contributed by atoms with Crippen molar-refractivity contribution >= 4 is 39.2 Å². The maximum absolute atomic E-state index is 11.3. The number of rotatable bonds is 6. The quantitative estimate of drug-likeness (QED) is 0.394. The summed E-state index contributed by atoms with van der Waals surface area (Å²) in [5.41, 5.74) is 3.32. The maximum Gasteiger partial charge on any atom is 0.295 e. The van der Waals surface area contributed by atoms with E-state index in [1.54, 1.807) is 24.3 Å². The van der Waals surface area contributed by atoms with Gasteiger partial charge in [0.05, 0.1) is 16.0 Å². The van der Waals surface area contributed by atoms with E-state index < -0.39 is 20.6 Å². The first kappa shape index (κ1) is 19.0.